The van der Waals surface area contributed by atoms with Crippen LogP contribution in [-0.4, -0.2) is 52.4 Å². The van der Waals surface area contributed by atoms with Crippen molar-refractivity contribution in [1.29, 1.82) is 0 Å². The van der Waals surface area contributed by atoms with Gasteiger partial charge >= 0.3 is 0 Å². The third kappa shape index (κ3) is 4.41. The van der Waals surface area contributed by atoms with Gasteiger partial charge in [-0.25, -0.2) is 17.1 Å². The van der Waals surface area contributed by atoms with Gasteiger partial charge in [-0.1, -0.05) is 12.1 Å². The molecule has 1 amide bonds. The van der Waals surface area contributed by atoms with Crippen molar-refractivity contribution < 1.29 is 17.6 Å². The van der Waals surface area contributed by atoms with Gasteiger partial charge in [-0.2, -0.15) is 0 Å². The number of fused-ring (bicyclic) bond motifs is 1. The number of rotatable bonds is 7. The van der Waals surface area contributed by atoms with Crippen LogP contribution in [0.25, 0.3) is 0 Å². The molecule has 0 unspecified atom stereocenters. The fourth-order valence-electron chi connectivity index (χ4n) is 3.50. The van der Waals surface area contributed by atoms with E-state index in [0.29, 0.717) is 30.2 Å². The van der Waals surface area contributed by atoms with Gasteiger partial charge in [-0.15, -0.1) is 0 Å². The van der Waals surface area contributed by atoms with Crippen LogP contribution in [0.5, 0.6) is 0 Å². The summed E-state index contributed by atoms with van der Waals surface area (Å²) in [5.74, 6) is -0.683. The van der Waals surface area contributed by atoms with Gasteiger partial charge in [0, 0.05) is 27.2 Å². The van der Waals surface area contributed by atoms with Crippen molar-refractivity contribution >= 4 is 33.0 Å². The zero-order valence-corrected chi connectivity index (χ0v) is 18.2. The summed E-state index contributed by atoms with van der Waals surface area (Å²) in [5.41, 5.74) is 2.35. The average molecular weight is 435 g/mol. The van der Waals surface area contributed by atoms with Crippen LogP contribution in [0.4, 0.5) is 21.5 Å². The fraction of sp³-hybridized carbons (Fsp3) is 0.381. The largest absolute Gasteiger partial charge is 0.384 e. The van der Waals surface area contributed by atoms with Gasteiger partial charge < -0.3 is 15.5 Å². The molecule has 2 N–H and O–H groups in total. The van der Waals surface area contributed by atoms with E-state index < -0.39 is 15.8 Å². The molecule has 2 aromatic rings. The number of nitrogens with one attached hydrogen (secondary N) is 2. The molecule has 0 atom stereocenters. The van der Waals surface area contributed by atoms with E-state index in [-0.39, 0.29) is 17.3 Å². The van der Waals surface area contributed by atoms with Gasteiger partial charge in [0.15, 0.2) is 0 Å². The van der Waals surface area contributed by atoms with Crippen molar-refractivity contribution in [3.63, 3.8) is 0 Å². The highest BCUT2D eigenvalue weighted by Gasteiger charge is 2.26. The van der Waals surface area contributed by atoms with E-state index in [2.05, 4.69) is 10.6 Å². The lowest BCUT2D eigenvalue weighted by Gasteiger charge is -2.30. The monoisotopic (exact) mass is 434 g/mol. The highest BCUT2D eigenvalue weighted by atomic mass is 32.2. The quantitative estimate of drug-likeness (QED) is 0.700. The number of sulfonamides is 1. The maximum absolute atomic E-state index is 14.4. The zero-order chi connectivity index (χ0) is 21.9. The number of para-hydroxylation sites is 1. The Balaban J connectivity index is 1.84. The lowest BCUT2D eigenvalue weighted by molar-refractivity contribution is -0.117. The Morgan fingerprint density at radius 1 is 1.17 bits per heavy atom. The van der Waals surface area contributed by atoms with Crippen LogP contribution in [0.15, 0.2) is 41.3 Å². The minimum atomic E-state index is -3.62. The SMILES string of the molecule is CCNc1ccc(S(=O)(=O)N(C)C)cc1NCC(=O)N1CCCc2cccc(F)c21. The molecule has 162 valence electrons. The van der Waals surface area contributed by atoms with Crippen molar-refractivity contribution in [3.05, 3.63) is 47.8 Å². The summed E-state index contributed by atoms with van der Waals surface area (Å²) in [4.78, 5) is 14.5. The number of benzene rings is 2. The molecule has 0 radical (unpaired) electrons. The third-order valence-electron chi connectivity index (χ3n) is 5.04. The zero-order valence-electron chi connectivity index (χ0n) is 17.4. The number of aryl methyl sites for hydroxylation is 1. The molecule has 1 aliphatic rings. The van der Waals surface area contributed by atoms with Crippen LogP contribution >= 0.6 is 0 Å². The Kier molecular flexibility index (Phi) is 6.62. The van der Waals surface area contributed by atoms with Gasteiger partial charge in [-0.3, -0.25) is 4.79 Å². The van der Waals surface area contributed by atoms with Gasteiger partial charge in [-0.05, 0) is 49.6 Å². The average Bonchev–Trinajstić information content (AvgIpc) is 2.72. The molecule has 0 saturated heterocycles. The maximum atomic E-state index is 14.4. The van der Waals surface area contributed by atoms with E-state index >= 15 is 0 Å². The van der Waals surface area contributed by atoms with Gasteiger partial charge in [0.2, 0.25) is 15.9 Å². The van der Waals surface area contributed by atoms with E-state index in [9.17, 15) is 17.6 Å². The van der Waals surface area contributed by atoms with Crippen LogP contribution in [0.2, 0.25) is 0 Å². The second-order valence-electron chi connectivity index (χ2n) is 7.28. The fourth-order valence-corrected chi connectivity index (χ4v) is 4.43. The molecule has 0 aromatic heterocycles. The first kappa shape index (κ1) is 22.0. The van der Waals surface area contributed by atoms with Crippen molar-refractivity contribution in [2.24, 2.45) is 0 Å². The van der Waals surface area contributed by atoms with E-state index in [1.807, 2.05) is 13.0 Å². The van der Waals surface area contributed by atoms with E-state index in [0.717, 1.165) is 22.7 Å². The summed E-state index contributed by atoms with van der Waals surface area (Å²) in [7, 11) is -0.686. The molecule has 1 heterocycles. The van der Waals surface area contributed by atoms with E-state index in [1.54, 1.807) is 12.1 Å². The van der Waals surface area contributed by atoms with Crippen molar-refractivity contribution in [2.45, 2.75) is 24.7 Å². The number of carbonyl (C=O) groups excluding carboxylic acids is 1. The first-order valence-electron chi connectivity index (χ1n) is 9.87. The Morgan fingerprint density at radius 2 is 1.93 bits per heavy atom. The minimum Gasteiger partial charge on any atom is -0.384 e. The molecule has 7 nitrogen and oxygen atoms in total. The summed E-state index contributed by atoms with van der Waals surface area (Å²) in [6.45, 7) is 2.92. The van der Waals surface area contributed by atoms with Crippen LogP contribution in [0, 0.1) is 5.82 Å². The molecule has 0 fully saturated rings. The van der Waals surface area contributed by atoms with Crippen LogP contribution in [-0.2, 0) is 21.2 Å². The number of nitrogens with zero attached hydrogens (tertiary/aromatic N) is 2. The molecule has 30 heavy (non-hydrogen) atoms. The molecule has 1 aliphatic heterocycles. The molecule has 2 aromatic carbocycles. The van der Waals surface area contributed by atoms with Crippen molar-refractivity contribution in [2.75, 3.05) is 49.3 Å². The van der Waals surface area contributed by atoms with Crippen LogP contribution in [0.3, 0.4) is 0 Å². The van der Waals surface area contributed by atoms with Gasteiger partial charge in [0.05, 0.1) is 28.5 Å². The Labute approximate surface area is 176 Å². The standard InChI is InChI=1S/C21H27FN4O3S/c1-4-23-18-11-10-16(30(28,29)25(2)3)13-19(18)24-14-20(27)26-12-6-8-15-7-5-9-17(22)21(15)26/h5,7,9-11,13,23-24H,4,6,8,12,14H2,1-3H3. The molecule has 0 spiro atoms. The van der Waals surface area contributed by atoms with Gasteiger partial charge in [0.1, 0.15) is 5.82 Å². The van der Waals surface area contributed by atoms with Gasteiger partial charge in [0.25, 0.3) is 0 Å². The number of halogens is 1. The molecular formula is C21H27FN4O3S. The summed E-state index contributed by atoms with van der Waals surface area (Å²) in [6.07, 6.45) is 1.50. The lowest BCUT2D eigenvalue weighted by atomic mass is 10.0. The minimum absolute atomic E-state index is 0.0857. The van der Waals surface area contributed by atoms with E-state index in [4.69, 9.17) is 0 Å². The summed E-state index contributed by atoms with van der Waals surface area (Å²) >= 11 is 0. The smallest absolute Gasteiger partial charge is 0.246 e. The molecule has 0 aliphatic carbocycles. The Hall–Kier alpha value is -2.65. The van der Waals surface area contributed by atoms with E-state index in [1.165, 1.54) is 37.2 Å². The second-order valence-corrected chi connectivity index (χ2v) is 9.43. The molecule has 9 heteroatoms. The number of carbonyl (C=O) groups is 1. The molecule has 3 rings (SSSR count). The summed E-state index contributed by atoms with van der Waals surface area (Å²) in [5, 5.41) is 6.19. The number of anilines is 3. The highest BCUT2D eigenvalue weighted by molar-refractivity contribution is 7.89. The highest BCUT2D eigenvalue weighted by Crippen LogP contribution is 2.31. The number of hydrogen-bond acceptors (Lipinski definition) is 5. The van der Waals surface area contributed by atoms with Crippen LogP contribution in [0.1, 0.15) is 18.9 Å². The van der Waals surface area contributed by atoms with Crippen LogP contribution < -0.4 is 15.5 Å². The lowest BCUT2D eigenvalue weighted by Crippen LogP contribution is -2.39. The predicted octanol–water partition coefficient (Wildman–Crippen LogP) is 2.90. The Bertz CT molecular complexity index is 1040. The molecule has 0 bridgehead atoms. The van der Waals surface area contributed by atoms with Crippen molar-refractivity contribution in [3.8, 4) is 0 Å². The summed E-state index contributed by atoms with van der Waals surface area (Å²) in [6, 6.07) is 9.55. The first-order valence-corrected chi connectivity index (χ1v) is 11.3. The maximum Gasteiger partial charge on any atom is 0.246 e. The third-order valence-corrected chi connectivity index (χ3v) is 6.85. The molecule has 0 saturated carbocycles. The first-order chi connectivity index (χ1) is 14.3. The molecular weight excluding hydrogens is 407 g/mol. The normalized spacial score (nSPS) is 13.8. The second kappa shape index (κ2) is 9.01. The number of hydrogen-bond donors (Lipinski definition) is 2. The van der Waals surface area contributed by atoms with Crippen molar-refractivity contribution in [1.82, 2.24) is 4.31 Å². The Morgan fingerprint density at radius 3 is 2.63 bits per heavy atom. The summed E-state index contributed by atoms with van der Waals surface area (Å²) < 4.78 is 40.5. The topological polar surface area (TPSA) is 81.8 Å². The predicted molar refractivity (Wildman–Crippen MR) is 117 cm³/mol. The number of amides is 1.